The number of halogens is 5. The Kier molecular flexibility index (Phi) is 9.90. The predicted octanol–water partition coefficient (Wildman–Crippen LogP) is 7.34. The number of aromatic nitrogens is 3. The normalized spacial score (nSPS) is 20.4. The van der Waals surface area contributed by atoms with E-state index < -0.39 is 47.5 Å². The van der Waals surface area contributed by atoms with E-state index in [0.29, 0.717) is 85.6 Å². The van der Waals surface area contributed by atoms with Gasteiger partial charge in [0.05, 0.1) is 35.8 Å². The number of β-amino-alcohol motifs (C(OH)–C–C–N with tert-alkyl or cyclic N) is 1. The minimum atomic E-state index is -4.80. The highest BCUT2D eigenvalue weighted by molar-refractivity contribution is 6.36. The Morgan fingerprint density at radius 3 is 2.47 bits per heavy atom. The van der Waals surface area contributed by atoms with Crippen molar-refractivity contribution in [1.82, 2.24) is 24.8 Å². The number of aliphatic carboxylic acids is 1. The monoisotopic (exact) mass is 780 g/mol. The van der Waals surface area contributed by atoms with Gasteiger partial charge in [-0.3, -0.25) is 14.6 Å². The fourth-order valence-electron chi connectivity index (χ4n) is 8.00. The van der Waals surface area contributed by atoms with Crippen LogP contribution < -0.4 is 10.1 Å². The van der Waals surface area contributed by atoms with Crippen LogP contribution in [0.5, 0.6) is 5.88 Å². The number of anilines is 1. The van der Waals surface area contributed by atoms with Crippen molar-refractivity contribution < 1.29 is 41.7 Å². The summed E-state index contributed by atoms with van der Waals surface area (Å²) in [6.45, 7) is 2.26. The molecular formula is C39H37ClF4N6O5. The summed E-state index contributed by atoms with van der Waals surface area (Å²) in [6, 6.07) is 13.5. The highest BCUT2D eigenvalue weighted by atomic mass is 35.5. The van der Waals surface area contributed by atoms with E-state index in [0.717, 1.165) is 16.7 Å². The molecule has 2 aliphatic heterocycles. The molecule has 2 fully saturated rings. The van der Waals surface area contributed by atoms with Gasteiger partial charge in [0.25, 0.3) is 0 Å². The molecule has 1 aliphatic carbocycles. The minimum absolute atomic E-state index is 0.0248. The van der Waals surface area contributed by atoms with Crippen LogP contribution in [0.15, 0.2) is 52.9 Å². The zero-order valence-electron chi connectivity index (χ0n) is 29.7. The second-order valence-electron chi connectivity index (χ2n) is 14.3. The van der Waals surface area contributed by atoms with E-state index in [4.69, 9.17) is 20.8 Å². The number of fused-ring (bicyclic) bond motifs is 2. The second kappa shape index (κ2) is 14.7. The van der Waals surface area contributed by atoms with Gasteiger partial charge in [-0.2, -0.15) is 18.2 Å². The summed E-state index contributed by atoms with van der Waals surface area (Å²) in [6.07, 6.45) is -3.28. The van der Waals surface area contributed by atoms with Gasteiger partial charge in [-0.1, -0.05) is 41.9 Å². The van der Waals surface area contributed by atoms with Gasteiger partial charge in [-0.05, 0) is 72.7 Å². The zero-order valence-corrected chi connectivity index (χ0v) is 30.4. The first-order valence-electron chi connectivity index (χ1n) is 18.0. The SMILES string of the molecule is COc1nc(N[C@@H]2CCc3c(-c4cccc(-c5nc6cc(CN7CC[C@@H](C(=O)O)C7)cc(F)c6o5)c4Cl)cccc32)c(C(F)(F)F)nc1CN1CC[C@@H](O)C1. The topological polar surface area (TPSA) is 137 Å². The molecule has 3 aliphatic rings. The van der Waals surface area contributed by atoms with E-state index in [-0.39, 0.29) is 29.6 Å². The maximum absolute atomic E-state index is 15.3. The van der Waals surface area contributed by atoms with Gasteiger partial charge in [0.2, 0.25) is 11.8 Å². The standard InChI is InChI=1S/C39H37ClF4N6O5/c1-54-37-31(19-50-13-11-22(51)18-50)45-34(39(42,43)44)35(48-37)46-29-9-8-24-23(4-2-5-25(24)29)26-6-3-7-27(32(26)40)36-47-30-15-20(14-28(41)33(30)55-36)16-49-12-10-21(17-49)38(52)53/h2-7,14-15,21-22,29,51H,8-13,16-19H2,1H3,(H,46,48)(H,52,53)/t21-,22-,29-/m1/s1. The van der Waals surface area contributed by atoms with Crippen molar-refractivity contribution in [3.8, 4) is 28.5 Å². The highest BCUT2D eigenvalue weighted by Crippen LogP contribution is 2.45. The molecule has 2 saturated heterocycles. The Labute approximate surface area is 317 Å². The zero-order chi connectivity index (χ0) is 38.6. The number of nitrogens with one attached hydrogen (secondary N) is 1. The van der Waals surface area contributed by atoms with Gasteiger partial charge in [0.1, 0.15) is 11.2 Å². The molecule has 0 saturated carbocycles. The molecule has 8 rings (SSSR count). The summed E-state index contributed by atoms with van der Waals surface area (Å²) in [5, 5.41) is 22.6. The van der Waals surface area contributed by atoms with Crippen molar-refractivity contribution >= 4 is 34.5 Å². The van der Waals surface area contributed by atoms with E-state index >= 15 is 4.39 Å². The predicted molar refractivity (Wildman–Crippen MR) is 195 cm³/mol. The molecular weight excluding hydrogens is 744 g/mol. The fraction of sp³-hybridized carbons (Fsp3) is 0.385. The Morgan fingerprint density at radius 1 is 1.00 bits per heavy atom. The van der Waals surface area contributed by atoms with Gasteiger partial charge < -0.3 is 24.7 Å². The third-order valence-electron chi connectivity index (χ3n) is 10.6. The molecule has 2 aromatic heterocycles. The molecule has 288 valence electrons. The van der Waals surface area contributed by atoms with Crippen LogP contribution in [-0.4, -0.2) is 80.3 Å². The molecule has 4 heterocycles. The van der Waals surface area contributed by atoms with Gasteiger partial charge in [-0.25, -0.2) is 14.4 Å². The van der Waals surface area contributed by atoms with Crippen LogP contribution in [0.1, 0.15) is 53.4 Å². The summed E-state index contributed by atoms with van der Waals surface area (Å²) in [5.74, 6) is -2.22. The lowest BCUT2D eigenvalue weighted by atomic mass is 9.95. The lowest BCUT2D eigenvalue weighted by molar-refractivity contribution is -0.142. The van der Waals surface area contributed by atoms with Crippen LogP contribution in [0.25, 0.3) is 33.7 Å². The van der Waals surface area contributed by atoms with Crippen LogP contribution in [0.2, 0.25) is 5.02 Å². The Balaban J connectivity index is 1.07. The molecule has 3 N–H and O–H groups in total. The Morgan fingerprint density at radius 2 is 1.75 bits per heavy atom. The Hall–Kier alpha value is -4.83. The highest BCUT2D eigenvalue weighted by Gasteiger charge is 2.40. The lowest BCUT2D eigenvalue weighted by Gasteiger charge is -2.22. The number of hydrogen-bond donors (Lipinski definition) is 3. The number of methoxy groups -OCH3 is 1. The number of carboxylic acid groups (broad SMARTS) is 1. The third kappa shape index (κ3) is 7.33. The van der Waals surface area contributed by atoms with Crippen LogP contribution in [0.4, 0.5) is 23.4 Å². The molecule has 0 radical (unpaired) electrons. The molecule has 0 bridgehead atoms. The number of nitrogens with zero attached hydrogens (tertiary/aromatic N) is 5. The molecule has 3 atom stereocenters. The summed E-state index contributed by atoms with van der Waals surface area (Å²) < 4.78 is 69.9. The number of rotatable bonds is 10. The first-order chi connectivity index (χ1) is 26.4. The van der Waals surface area contributed by atoms with Gasteiger partial charge >= 0.3 is 12.1 Å². The smallest absolute Gasteiger partial charge is 0.437 e. The summed E-state index contributed by atoms with van der Waals surface area (Å²) in [7, 11) is 1.34. The number of alkyl halides is 3. The van der Waals surface area contributed by atoms with Crippen molar-refractivity contribution in [2.75, 3.05) is 38.6 Å². The van der Waals surface area contributed by atoms with Crippen LogP contribution in [0, 0.1) is 11.7 Å². The van der Waals surface area contributed by atoms with Crippen LogP contribution >= 0.6 is 11.6 Å². The number of hydrogen-bond acceptors (Lipinski definition) is 10. The molecule has 16 heteroatoms. The molecule has 0 spiro atoms. The minimum Gasteiger partial charge on any atom is -0.481 e. The summed E-state index contributed by atoms with van der Waals surface area (Å²) >= 11 is 7.05. The number of aliphatic hydroxyl groups excluding tert-OH is 1. The van der Waals surface area contributed by atoms with Gasteiger partial charge in [0, 0.05) is 38.3 Å². The largest absolute Gasteiger partial charge is 0.481 e. The number of carboxylic acids is 1. The number of benzene rings is 3. The van der Waals surface area contributed by atoms with Crippen LogP contribution in [-0.2, 0) is 30.5 Å². The second-order valence-corrected chi connectivity index (χ2v) is 14.7. The molecule has 0 unspecified atom stereocenters. The van der Waals surface area contributed by atoms with E-state index in [1.54, 1.807) is 18.2 Å². The van der Waals surface area contributed by atoms with Crippen molar-refractivity contribution in [2.24, 2.45) is 5.92 Å². The average Bonchev–Trinajstić information content (AvgIpc) is 3.96. The van der Waals surface area contributed by atoms with Crippen molar-refractivity contribution in [3.63, 3.8) is 0 Å². The fourth-order valence-corrected chi connectivity index (χ4v) is 8.31. The molecule has 11 nitrogen and oxygen atoms in total. The summed E-state index contributed by atoms with van der Waals surface area (Å²) in [5.41, 5.74) is 3.37. The molecule has 55 heavy (non-hydrogen) atoms. The van der Waals surface area contributed by atoms with E-state index in [1.807, 2.05) is 34.1 Å². The molecule has 3 aromatic carbocycles. The lowest BCUT2D eigenvalue weighted by Crippen LogP contribution is -2.25. The quantitative estimate of drug-likeness (QED) is 0.123. The number of carbonyl (C=O) groups is 1. The third-order valence-corrected chi connectivity index (χ3v) is 11.1. The first kappa shape index (κ1) is 37.1. The molecule has 5 aromatic rings. The number of ether oxygens (including phenoxy) is 1. The van der Waals surface area contributed by atoms with Crippen molar-refractivity contribution in [2.45, 2.75) is 57.1 Å². The maximum atomic E-state index is 15.3. The maximum Gasteiger partial charge on any atom is 0.437 e. The van der Waals surface area contributed by atoms with Crippen molar-refractivity contribution in [3.05, 3.63) is 87.4 Å². The number of oxazole rings is 1. The van der Waals surface area contributed by atoms with Gasteiger partial charge in [0.15, 0.2) is 22.9 Å². The average molecular weight is 781 g/mol. The molecule has 0 amide bonds. The van der Waals surface area contributed by atoms with E-state index in [2.05, 4.69) is 20.3 Å². The number of likely N-dealkylation sites (tertiary alicyclic amines) is 2. The Bertz CT molecular complexity index is 2290. The van der Waals surface area contributed by atoms with E-state index in [1.165, 1.54) is 13.2 Å². The van der Waals surface area contributed by atoms with Crippen molar-refractivity contribution in [1.29, 1.82) is 0 Å². The van der Waals surface area contributed by atoms with E-state index in [9.17, 15) is 28.2 Å². The number of aliphatic hydroxyl groups is 1. The van der Waals surface area contributed by atoms with Gasteiger partial charge in [-0.15, -0.1) is 0 Å². The summed E-state index contributed by atoms with van der Waals surface area (Å²) in [4.78, 5) is 28.0. The van der Waals surface area contributed by atoms with Crippen LogP contribution in [0.3, 0.4) is 0 Å². The first-order valence-corrected chi connectivity index (χ1v) is 18.4.